The number of rotatable bonds is 7. The van der Waals surface area contributed by atoms with Gasteiger partial charge in [-0.2, -0.15) is 0 Å². The van der Waals surface area contributed by atoms with Crippen molar-refractivity contribution >= 4 is 23.3 Å². The summed E-state index contributed by atoms with van der Waals surface area (Å²) in [4.78, 5) is 36.3. The Balaban J connectivity index is 1.15. The minimum Gasteiger partial charge on any atom is -0.497 e. The zero-order valence-corrected chi connectivity index (χ0v) is 22.4. The van der Waals surface area contributed by atoms with Crippen LogP contribution in [0.2, 0.25) is 0 Å². The Morgan fingerprint density at radius 3 is 2.70 bits per heavy atom. The maximum Gasteiger partial charge on any atom is 0.261 e. The molecule has 6 rings (SSSR count). The van der Waals surface area contributed by atoms with E-state index in [4.69, 9.17) is 15.5 Å². The summed E-state index contributed by atoms with van der Waals surface area (Å²) in [6.45, 7) is 1.55. The third-order valence-corrected chi connectivity index (χ3v) is 7.58. The van der Waals surface area contributed by atoms with Crippen LogP contribution in [-0.4, -0.2) is 56.7 Å². The first kappa shape index (κ1) is 25.5. The average molecular weight is 538 g/mol. The number of nitrogens with zero attached hydrogens (tertiary/aromatic N) is 5. The van der Waals surface area contributed by atoms with Crippen molar-refractivity contribution in [3.8, 4) is 23.0 Å². The highest BCUT2D eigenvalue weighted by Crippen LogP contribution is 2.34. The molecular formula is C30H31N7O3. The Bertz CT molecular complexity index is 1580. The number of fused-ring (bicyclic) bond motifs is 3. The van der Waals surface area contributed by atoms with E-state index in [1.54, 1.807) is 13.3 Å². The van der Waals surface area contributed by atoms with Gasteiger partial charge < -0.3 is 20.7 Å². The van der Waals surface area contributed by atoms with Crippen molar-refractivity contribution < 1.29 is 14.3 Å². The fourth-order valence-electron chi connectivity index (χ4n) is 5.31. The molecule has 2 aromatic heterocycles. The molecule has 1 saturated heterocycles. The molecule has 2 amide bonds. The molecule has 0 atom stereocenters. The van der Waals surface area contributed by atoms with Crippen LogP contribution in [0.15, 0.2) is 54.9 Å². The summed E-state index contributed by atoms with van der Waals surface area (Å²) in [5.74, 6) is 1.11. The fourth-order valence-corrected chi connectivity index (χ4v) is 5.31. The van der Waals surface area contributed by atoms with Crippen molar-refractivity contribution in [1.82, 2.24) is 24.6 Å². The van der Waals surface area contributed by atoms with Gasteiger partial charge in [0.05, 0.1) is 12.8 Å². The number of methoxy groups -OCH3 is 1. The van der Waals surface area contributed by atoms with E-state index in [0.717, 1.165) is 66.8 Å². The highest BCUT2D eigenvalue weighted by Gasteiger charge is 2.22. The van der Waals surface area contributed by atoms with Gasteiger partial charge in [0, 0.05) is 43.2 Å². The molecule has 1 aliphatic carbocycles. The molecule has 0 unspecified atom stereocenters. The third kappa shape index (κ3) is 5.12. The first-order valence-electron chi connectivity index (χ1n) is 13.6. The Morgan fingerprint density at radius 1 is 1.07 bits per heavy atom. The number of carbonyl (C=O) groups is 2. The Labute approximate surface area is 232 Å². The van der Waals surface area contributed by atoms with Gasteiger partial charge in [-0.25, -0.2) is 14.6 Å². The second kappa shape index (κ2) is 10.8. The zero-order valence-electron chi connectivity index (χ0n) is 22.4. The molecule has 3 N–H and O–H groups in total. The Hall–Kier alpha value is -4.73. The molecule has 0 radical (unpaired) electrons. The van der Waals surface area contributed by atoms with Crippen LogP contribution in [0.1, 0.15) is 46.3 Å². The smallest absolute Gasteiger partial charge is 0.261 e. The van der Waals surface area contributed by atoms with Crippen LogP contribution in [0, 0.1) is 0 Å². The van der Waals surface area contributed by atoms with E-state index >= 15 is 0 Å². The SMILES string of the molecule is COc1ccc2c(c1)CCc1cnc(-n3cc(C(=O)Nc4ccc(CCN5CCCCC5=O)cc4)c(N)n3)nc1-2. The van der Waals surface area contributed by atoms with Gasteiger partial charge in [0.2, 0.25) is 5.91 Å². The number of amides is 2. The van der Waals surface area contributed by atoms with Gasteiger partial charge in [0.15, 0.2) is 5.82 Å². The lowest BCUT2D eigenvalue weighted by Gasteiger charge is -2.26. The lowest BCUT2D eigenvalue weighted by atomic mass is 9.90. The molecule has 2 aliphatic rings. The number of aromatic nitrogens is 4. The molecule has 4 aromatic rings. The number of anilines is 2. The predicted octanol–water partition coefficient (Wildman–Crippen LogP) is 3.83. The summed E-state index contributed by atoms with van der Waals surface area (Å²) in [6, 6.07) is 13.6. The number of nitrogens with one attached hydrogen (secondary N) is 1. The van der Waals surface area contributed by atoms with Crippen LogP contribution in [0.5, 0.6) is 5.75 Å². The van der Waals surface area contributed by atoms with Crippen molar-refractivity contribution in [1.29, 1.82) is 0 Å². The second-order valence-corrected chi connectivity index (χ2v) is 10.2. The molecule has 0 spiro atoms. The number of hydrogen-bond acceptors (Lipinski definition) is 7. The average Bonchev–Trinajstić information content (AvgIpc) is 3.38. The predicted molar refractivity (Wildman–Crippen MR) is 151 cm³/mol. The summed E-state index contributed by atoms with van der Waals surface area (Å²) in [5, 5.41) is 7.21. The zero-order chi connectivity index (χ0) is 27.6. The molecule has 2 aromatic carbocycles. The standard InChI is InChI=1S/C30H31N7O3/c1-40-23-11-12-24-20(16-23)7-8-21-17-32-30(34-27(21)24)37-18-25(28(31)35-37)29(39)33-22-9-5-19(6-10-22)13-15-36-14-3-2-4-26(36)38/h5-6,9-12,16-18H,2-4,7-8,13-15H2,1H3,(H2,31,35)(H,33,39). The Morgan fingerprint density at radius 2 is 1.90 bits per heavy atom. The van der Waals surface area contributed by atoms with Crippen molar-refractivity contribution in [3.05, 3.63) is 77.1 Å². The normalized spacial score (nSPS) is 14.4. The number of nitrogens with two attached hydrogens (primary N) is 1. The summed E-state index contributed by atoms with van der Waals surface area (Å²) >= 11 is 0. The highest BCUT2D eigenvalue weighted by atomic mass is 16.5. The van der Waals surface area contributed by atoms with Gasteiger partial charge in [0.25, 0.3) is 11.9 Å². The maximum absolute atomic E-state index is 13.0. The lowest BCUT2D eigenvalue weighted by Crippen LogP contribution is -2.36. The number of likely N-dealkylation sites (tertiary alicyclic amines) is 1. The first-order valence-corrected chi connectivity index (χ1v) is 13.6. The number of benzene rings is 2. The fraction of sp³-hybridized carbons (Fsp3) is 0.300. The van der Waals surface area contributed by atoms with Gasteiger partial charge in [0.1, 0.15) is 11.3 Å². The third-order valence-electron chi connectivity index (χ3n) is 7.58. The van der Waals surface area contributed by atoms with Crippen molar-refractivity contribution in [2.24, 2.45) is 0 Å². The summed E-state index contributed by atoms with van der Waals surface area (Å²) in [6.07, 6.45) is 8.56. The monoisotopic (exact) mass is 537 g/mol. The van der Waals surface area contributed by atoms with E-state index in [2.05, 4.69) is 15.4 Å². The highest BCUT2D eigenvalue weighted by molar-refractivity contribution is 6.07. The molecular weight excluding hydrogens is 506 g/mol. The van der Waals surface area contributed by atoms with Gasteiger partial charge in [-0.15, -0.1) is 5.10 Å². The van der Waals surface area contributed by atoms with E-state index in [9.17, 15) is 9.59 Å². The Kier molecular flexibility index (Phi) is 6.90. The van der Waals surface area contributed by atoms with Crippen molar-refractivity contribution in [3.63, 3.8) is 0 Å². The van der Waals surface area contributed by atoms with Gasteiger partial charge in [-0.1, -0.05) is 12.1 Å². The molecule has 40 heavy (non-hydrogen) atoms. The lowest BCUT2D eigenvalue weighted by molar-refractivity contribution is -0.133. The van der Waals surface area contributed by atoms with E-state index in [1.807, 2.05) is 53.6 Å². The molecule has 204 valence electrons. The molecule has 0 bridgehead atoms. The number of hydrogen-bond donors (Lipinski definition) is 2. The first-order chi connectivity index (χ1) is 19.5. The number of carbonyl (C=O) groups excluding carboxylic acids is 2. The molecule has 1 fully saturated rings. The van der Waals surface area contributed by atoms with Crippen molar-refractivity contribution in [2.75, 3.05) is 31.2 Å². The molecule has 10 heteroatoms. The number of piperidine rings is 1. The van der Waals surface area contributed by atoms with Crippen LogP contribution in [0.25, 0.3) is 17.2 Å². The minimum absolute atomic E-state index is 0.0896. The van der Waals surface area contributed by atoms with E-state index < -0.39 is 0 Å². The van der Waals surface area contributed by atoms with Crippen molar-refractivity contribution in [2.45, 2.75) is 38.5 Å². The number of nitrogen functional groups attached to an aromatic ring is 1. The largest absolute Gasteiger partial charge is 0.497 e. The molecule has 0 saturated carbocycles. The number of aryl methyl sites for hydroxylation is 2. The minimum atomic E-state index is -0.370. The van der Waals surface area contributed by atoms with Crippen LogP contribution in [-0.2, 0) is 24.1 Å². The molecule has 10 nitrogen and oxygen atoms in total. The van der Waals surface area contributed by atoms with E-state index in [0.29, 0.717) is 24.6 Å². The number of ether oxygens (including phenoxy) is 1. The van der Waals surface area contributed by atoms with Gasteiger partial charge in [-0.05, 0) is 79.1 Å². The molecule has 1 aliphatic heterocycles. The van der Waals surface area contributed by atoms with Gasteiger partial charge in [-0.3, -0.25) is 9.59 Å². The van der Waals surface area contributed by atoms with Crippen LogP contribution in [0.3, 0.4) is 0 Å². The maximum atomic E-state index is 13.0. The second-order valence-electron chi connectivity index (χ2n) is 10.2. The summed E-state index contributed by atoms with van der Waals surface area (Å²) in [7, 11) is 1.66. The quantitative estimate of drug-likeness (QED) is 0.367. The van der Waals surface area contributed by atoms with E-state index in [1.165, 1.54) is 10.2 Å². The van der Waals surface area contributed by atoms with Crippen LogP contribution < -0.4 is 15.8 Å². The topological polar surface area (TPSA) is 128 Å². The van der Waals surface area contributed by atoms with E-state index in [-0.39, 0.29) is 23.2 Å². The van der Waals surface area contributed by atoms with Crippen LogP contribution >= 0.6 is 0 Å². The molecule has 3 heterocycles. The van der Waals surface area contributed by atoms with Crippen LogP contribution in [0.4, 0.5) is 11.5 Å². The van der Waals surface area contributed by atoms with Gasteiger partial charge >= 0.3 is 0 Å². The summed E-state index contributed by atoms with van der Waals surface area (Å²) in [5.41, 5.74) is 12.2. The summed E-state index contributed by atoms with van der Waals surface area (Å²) < 4.78 is 6.81.